The predicted octanol–water partition coefficient (Wildman–Crippen LogP) is 3.38. The zero-order chi connectivity index (χ0) is 12.1. The van der Waals surface area contributed by atoms with Crippen molar-refractivity contribution >= 4 is 37.3 Å². The topological polar surface area (TPSA) is 26.3 Å². The Labute approximate surface area is 102 Å². The van der Waals surface area contributed by atoms with E-state index in [1.54, 1.807) is 0 Å². The first kappa shape index (κ1) is 13.5. The zero-order valence-corrected chi connectivity index (χ0v) is 12.4. The van der Waals surface area contributed by atoms with Gasteiger partial charge in [0.05, 0.1) is 0 Å². The predicted molar refractivity (Wildman–Crippen MR) is 66.1 cm³/mol. The number of alkyl halides is 2. The van der Waals surface area contributed by atoms with E-state index in [0.29, 0.717) is 6.42 Å². The largest absolute Gasteiger partial charge is 0.408 e. The molecule has 15 heavy (non-hydrogen) atoms. The molecule has 1 aliphatic rings. The van der Waals surface area contributed by atoms with E-state index in [1.807, 2.05) is 13.8 Å². The van der Waals surface area contributed by atoms with Crippen LogP contribution >= 0.6 is 23.2 Å². The molecule has 2 unspecified atom stereocenters. The van der Waals surface area contributed by atoms with Crippen molar-refractivity contribution in [2.75, 3.05) is 0 Å². The van der Waals surface area contributed by atoms with Crippen LogP contribution in [0.2, 0.25) is 19.6 Å². The molecule has 2 atom stereocenters. The van der Waals surface area contributed by atoms with Gasteiger partial charge in [-0.3, -0.25) is 4.79 Å². The van der Waals surface area contributed by atoms with Crippen molar-refractivity contribution in [2.45, 2.75) is 49.8 Å². The third-order valence-electron chi connectivity index (χ3n) is 2.95. The maximum Gasteiger partial charge on any atom is 0.204 e. The normalized spacial score (nSPS) is 35.1. The summed E-state index contributed by atoms with van der Waals surface area (Å²) < 4.78 is 4.70. The van der Waals surface area contributed by atoms with E-state index >= 15 is 0 Å². The fourth-order valence-electron chi connectivity index (χ4n) is 2.19. The van der Waals surface area contributed by atoms with Crippen molar-refractivity contribution in [3.8, 4) is 0 Å². The summed E-state index contributed by atoms with van der Waals surface area (Å²) in [5, 5.41) is 0. The molecule has 1 rings (SSSR count). The van der Waals surface area contributed by atoms with E-state index < -0.39 is 18.3 Å². The molecule has 1 fully saturated rings. The average molecular weight is 269 g/mol. The number of rotatable bonds is 3. The van der Waals surface area contributed by atoms with Crippen molar-refractivity contribution in [3.05, 3.63) is 0 Å². The maximum atomic E-state index is 11.6. The van der Waals surface area contributed by atoms with Crippen LogP contribution < -0.4 is 0 Å². The molecule has 0 aromatic carbocycles. The summed E-state index contributed by atoms with van der Waals surface area (Å²) >= 11 is 12.2. The summed E-state index contributed by atoms with van der Waals surface area (Å²) in [7, 11) is -1.76. The third kappa shape index (κ3) is 1.88. The van der Waals surface area contributed by atoms with Gasteiger partial charge >= 0.3 is 0 Å². The van der Waals surface area contributed by atoms with Gasteiger partial charge in [-0.05, 0) is 26.1 Å². The van der Waals surface area contributed by atoms with Crippen molar-refractivity contribution in [2.24, 2.45) is 5.92 Å². The number of hydrogen-bond donors (Lipinski definition) is 0. The first-order valence-corrected chi connectivity index (χ1v) is 9.37. The van der Waals surface area contributed by atoms with Crippen LogP contribution in [0, 0.1) is 5.92 Å². The van der Waals surface area contributed by atoms with Crippen LogP contribution in [0.3, 0.4) is 0 Å². The van der Waals surface area contributed by atoms with E-state index in [0.717, 1.165) is 0 Å². The summed E-state index contributed by atoms with van der Waals surface area (Å²) in [5.41, 5.74) is -0.683. The van der Waals surface area contributed by atoms with Crippen LogP contribution in [0.1, 0.15) is 20.3 Å². The van der Waals surface area contributed by atoms with Gasteiger partial charge in [-0.15, -0.1) is 0 Å². The first-order chi connectivity index (χ1) is 6.58. The highest BCUT2D eigenvalue weighted by atomic mass is 35.5. The molecule has 0 radical (unpaired) electrons. The number of halogens is 2. The fraction of sp³-hybridized carbons (Fsp3) is 0.900. The van der Waals surface area contributed by atoms with Gasteiger partial charge in [0.1, 0.15) is 5.60 Å². The molecule has 0 bridgehead atoms. The molecular weight excluding hydrogens is 251 g/mol. The maximum absolute atomic E-state index is 11.6. The number of carbonyl (C=O) groups is 1. The Morgan fingerprint density at radius 1 is 1.40 bits per heavy atom. The lowest BCUT2D eigenvalue weighted by Gasteiger charge is -2.57. The molecule has 88 valence electrons. The second-order valence-electron chi connectivity index (χ2n) is 5.12. The van der Waals surface area contributed by atoms with Gasteiger partial charge < -0.3 is 4.43 Å². The quantitative estimate of drug-likeness (QED) is 0.580. The lowest BCUT2D eigenvalue weighted by atomic mass is 9.67. The van der Waals surface area contributed by atoms with Crippen molar-refractivity contribution < 1.29 is 9.22 Å². The van der Waals surface area contributed by atoms with E-state index in [1.165, 1.54) is 0 Å². The summed E-state index contributed by atoms with van der Waals surface area (Å²) in [6, 6.07) is 0. The summed E-state index contributed by atoms with van der Waals surface area (Å²) in [6.07, 6.45) is 0.664. The molecule has 1 saturated carbocycles. The Hall–Kier alpha value is 0.427. The van der Waals surface area contributed by atoms with Crippen molar-refractivity contribution in [1.82, 2.24) is 0 Å². The minimum atomic E-state index is -1.76. The van der Waals surface area contributed by atoms with Gasteiger partial charge in [-0.2, -0.15) is 0 Å². The van der Waals surface area contributed by atoms with Crippen molar-refractivity contribution in [3.63, 3.8) is 0 Å². The zero-order valence-electron chi connectivity index (χ0n) is 9.86. The van der Waals surface area contributed by atoms with Crippen LogP contribution in [-0.2, 0) is 9.22 Å². The molecular formula is C10H18Cl2O2Si. The SMILES string of the molecule is CCC1(O[Si](C)(C)C)C(C)C(=O)C1(Cl)Cl. The third-order valence-corrected chi connectivity index (χ3v) is 4.94. The molecule has 0 amide bonds. The Morgan fingerprint density at radius 3 is 2.13 bits per heavy atom. The second-order valence-corrected chi connectivity index (χ2v) is 10.9. The van der Waals surface area contributed by atoms with Crippen LogP contribution in [0.4, 0.5) is 0 Å². The van der Waals surface area contributed by atoms with Gasteiger partial charge in [0.2, 0.25) is 4.33 Å². The van der Waals surface area contributed by atoms with E-state index in [9.17, 15) is 4.79 Å². The minimum absolute atomic E-state index is 0.120. The van der Waals surface area contributed by atoms with E-state index in [-0.39, 0.29) is 11.7 Å². The molecule has 2 nitrogen and oxygen atoms in total. The Bertz CT molecular complexity index is 286. The molecule has 0 saturated heterocycles. The van der Waals surface area contributed by atoms with Crippen molar-refractivity contribution in [1.29, 1.82) is 0 Å². The minimum Gasteiger partial charge on any atom is -0.408 e. The van der Waals surface area contributed by atoms with Gasteiger partial charge in [0.25, 0.3) is 0 Å². The summed E-state index contributed by atoms with van der Waals surface area (Å²) in [5.74, 6) is -0.324. The lowest BCUT2D eigenvalue weighted by Crippen LogP contribution is -2.73. The molecule has 5 heteroatoms. The Kier molecular flexibility index (Phi) is 3.35. The second kappa shape index (κ2) is 3.72. The Balaban J connectivity index is 3.01. The Morgan fingerprint density at radius 2 is 1.87 bits per heavy atom. The van der Waals surface area contributed by atoms with Gasteiger partial charge in [0.15, 0.2) is 14.1 Å². The lowest BCUT2D eigenvalue weighted by molar-refractivity contribution is -0.155. The molecule has 0 aliphatic heterocycles. The number of Topliss-reactive ketones (excluding diaryl/α,β-unsaturated/α-hetero) is 1. The standard InChI is InChI=1S/C10H18Cl2O2Si/c1-6-9(14-15(3,4)5)7(2)8(13)10(9,11)12/h7H,6H2,1-5H3. The number of ketones is 1. The average Bonchev–Trinajstić information content (AvgIpc) is 2.10. The summed E-state index contributed by atoms with van der Waals surface area (Å²) in [6.45, 7) is 10.0. The van der Waals surface area contributed by atoms with Crippen LogP contribution in [0.5, 0.6) is 0 Å². The van der Waals surface area contributed by atoms with E-state index in [2.05, 4.69) is 19.6 Å². The molecule has 0 aromatic heterocycles. The highest BCUT2D eigenvalue weighted by Crippen LogP contribution is 2.56. The molecule has 0 aromatic rings. The van der Waals surface area contributed by atoms with E-state index in [4.69, 9.17) is 27.6 Å². The molecule has 0 heterocycles. The van der Waals surface area contributed by atoms with Gasteiger partial charge in [0, 0.05) is 5.92 Å². The highest BCUT2D eigenvalue weighted by molar-refractivity contribution is 6.70. The first-order valence-electron chi connectivity index (χ1n) is 5.21. The monoisotopic (exact) mass is 268 g/mol. The van der Waals surface area contributed by atoms with Gasteiger partial charge in [-0.25, -0.2) is 0 Å². The number of hydrogen-bond acceptors (Lipinski definition) is 2. The summed E-state index contributed by atoms with van der Waals surface area (Å²) in [4.78, 5) is 11.6. The van der Waals surface area contributed by atoms with Crippen LogP contribution in [0.25, 0.3) is 0 Å². The molecule has 1 aliphatic carbocycles. The molecule has 0 N–H and O–H groups in total. The highest BCUT2D eigenvalue weighted by Gasteiger charge is 2.70. The van der Waals surface area contributed by atoms with Gasteiger partial charge in [-0.1, -0.05) is 37.0 Å². The van der Waals surface area contributed by atoms with Crippen LogP contribution in [0.15, 0.2) is 0 Å². The number of carbonyl (C=O) groups excluding carboxylic acids is 1. The molecule has 0 spiro atoms. The fourth-order valence-corrected chi connectivity index (χ4v) is 4.88. The smallest absolute Gasteiger partial charge is 0.204 e. The van der Waals surface area contributed by atoms with Crippen LogP contribution in [-0.4, -0.2) is 24.0 Å².